The van der Waals surface area contributed by atoms with Gasteiger partial charge in [0.25, 0.3) is 5.91 Å². The summed E-state index contributed by atoms with van der Waals surface area (Å²) in [5.74, 6) is 0.569. The second-order valence-electron chi connectivity index (χ2n) is 5.96. The van der Waals surface area contributed by atoms with Crippen LogP contribution >= 0.6 is 11.6 Å². The Hall–Kier alpha value is -2.15. The molecule has 4 N–H and O–H groups in total. The van der Waals surface area contributed by atoms with Gasteiger partial charge in [0.2, 0.25) is 0 Å². The summed E-state index contributed by atoms with van der Waals surface area (Å²) in [6.07, 6.45) is 2.44. The maximum absolute atomic E-state index is 12.4. The molecule has 6 nitrogen and oxygen atoms in total. The van der Waals surface area contributed by atoms with E-state index in [2.05, 4.69) is 20.5 Å². The molecule has 1 aromatic heterocycles. The average Bonchev–Trinajstić information content (AvgIpc) is 2.63. The Morgan fingerprint density at radius 3 is 2.64 bits per heavy atom. The van der Waals surface area contributed by atoms with Gasteiger partial charge < -0.3 is 21.3 Å². The first-order valence-electron chi connectivity index (χ1n) is 8.39. The number of carbonyl (C=O) groups is 1. The largest absolute Gasteiger partial charge is 0.353 e. The monoisotopic (exact) mass is 359 g/mol. The number of piperazine rings is 1. The number of carbonyl (C=O) groups excluding carboxylic acids is 1. The first-order valence-corrected chi connectivity index (χ1v) is 8.77. The lowest BCUT2D eigenvalue weighted by Crippen LogP contribution is -2.44. The van der Waals surface area contributed by atoms with Crippen LogP contribution in [0.15, 0.2) is 36.5 Å². The maximum Gasteiger partial charge on any atom is 0.255 e. The van der Waals surface area contributed by atoms with Crippen molar-refractivity contribution in [3.05, 3.63) is 52.7 Å². The standard InChI is InChI=1S/C18H22ClN5O/c19-16-11-15(12-22-17(16)24-9-7-21-8-10-24)23-18(25)14-3-1-13(2-4-14)5-6-20/h1-4,11-12,21H,5-10,20H2,(H,23,25). The Balaban J connectivity index is 1.67. The van der Waals surface area contributed by atoms with Gasteiger partial charge >= 0.3 is 0 Å². The molecule has 25 heavy (non-hydrogen) atoms. The van der Waals surface area contributed by atoms with Crippen LogP contribution in [0.4, 0.5) is 11.5 Å². The van der Waals surface area contributed by atoms with Crippen molar-refractivity contribution in [3.63, 3.8) is 0 Å². The summed E-state index contributed by atoms with van der Waals surface area (Å²) in [6.45, 7) is 4.16. The molecule has 1 fully saturated rings. The van der Waals surface area contributed by atoms with E-state index in [0.717, 1.165) is 44.0 Å². The topological polar surface area (TPSA) is 83.3 Å². The van der Waals surface area contributed by atoms with Gasteiger partial charge in [-0.05, 0) is 36.7 Å². The van der Waals surface area contributed by atoms with E-state index in [-0.39, 0.29) is 5.91 Å². The summed E-state index contributed by atoms with van der Waals surface area (Å²) < 4.78 is 0. The van der Waals surface area contributed by atoms with Crippen molar-refractivity contribution in [2.75, 3.05) is 42.9 Å². The van der Waals surface area contributed by atoms with E-state index < -0.39 is 0 Å². The number of hydrogen-bond donors (Lipinski definition) is 3. The van der Waals surface area contributed by atoms with Crippen LogP contribution in [0.3, 0.4) is 0 Å². The lowest BCUT2D eigenvalue weighted by atomic mass is 10.1. The van der Waals surface area contributed by atoms with Crippen molar-refractivity contribution < 1.29 is 4.79 Å². The van der Waals surface area contributed by atoms with Crippen LogP contribution in [0.2, 0.25) is 5.02 Å². The lowest BCUT2D eigenvalue weighted by Gasteiger charge is -2.29. The highest BCUT2D eigenvalue weighted by Crippen LogP contribution is 2.26. The zero-order valence-electron chi connectivity index (χ0n) is 14.0. The fraction of sp³-hybridized carbons (Fsp3) is 0.333. The van der Waals surface area contributed by atoms with Gasteiger partial charge in [-0.25, -0.2) is 4.98 Å². The summed E-state index contributed by atoms with van der Waals surface area (Å²) in [5.41, 5.74) is 7.82. The Labute approximate surface area is 152 Å². The number of benzene rings is 1. The molecule has 3 rings (SSSR count). The Kier molecular flexibility index (Phi) is 5.86. The van der Waals surface area contributed by atoms with Crippen LogP contribution < -0.4 is 21.3 Å². The van der Waals surface area contributed by atoms with E-state index in [1.165, 1.54) is 0 Å². The smallest absolute Gasteiger partial charge is 0.255 e. The van der Waals surface area contributed by atoms with E-state index in [4.69, 9.17) is 17.3 Å². The molecule has 1 aromatic carbocycles. The minimum Gasteiger partial charge on any atom is -0.353 e. The molecule has 1 aliphatic heterocycles. The molecule has 1 aliphatic rings. The van der Waals surface area contributed by atoms with Gasteiger partial charge in [0.15, 0.2) is 0 Å². The molecule has 132 valence electrons. The van der Waals surface area contributed by atoms with Gasteiger partial charge in [0.05, 0.1) is 16.9 Å². The SMILES string of the molecule is NCCc1ccc(C(=O)Nc2cnc(N3CCNCC3)c(Cl)c2)cc1. The number of halogens is 1. The van der Waals surface area contributed by atoms with Gasteiger partial charge in [0.1, 0.15) is 5.82 Å². The molecule has 7 heteroatoms. The third kappa shape index (κ3) is 4.48. The van der Waals surface area contributed by atoms with E-state index in [1.807, 2.05) is 12.1 Å². The van der Waals surface area contributed by atoms with E-state index >= 15 is 0 Å². The normalized spacial score (nSPS) is 14.4. The molecule has 0 saturated carbocycles. The average molecular weight is 360 g/mol. The third-order valence-electron chi connectivity index (χ3n) is 4.15. The molecular formula is C18H22ClN5O. The fourth-order valence-corrected chi connectivity index (χ4v) is 3.09. The number of nitrogens with zero attached hydrogens (tertiary/aromatic N) is 2. The van der Waals surface area contributed by atoms with Crippen molar-refractivity contribution >= 4 is 29.0 Å². The highest BCUT2D eigenvalue weighted by molar-refractivity contribution is 6.33. The van der Waals surface area contributed by atoms with Gasteiger partial charge in [-0.2, -0.15) is 0 Å². The summed E-state index contributed by atoms with van der Waals surface area (Å²) in [6, 6.07) is 9.17. The van der Waals surface area contributed by atoms with Crippen molar-refractivity contribution in [2.45, 2.75) is 6.42 Å². The lowest BCUT2D eigenvalue weighted by molar-refractivity contribution is 0.102. The molecule has 0 unspecified atom stereocenters. The van der Waals surface area contributed by atoms with E-state index in [9.17, 15) is 4.79 Å². The van der Waals surface area contributed by atoms with Crippen LogP contribution in [0.5, 0.6) is 0 Å². The van der Waals surface area contributed by atoms with Crippen LogP contribution in [0.25, 0.3) is 0 Å². The van der Waals surface area contributed by atoms with E-state index in [1.54, 1.807) is 24.4 Å². The fourth-order valence-electron chi connectivity index (χ4n) is 2.80. The molecule has 1 amide bonds. The third-order valence-corrected chi connectivity index (χ3v) is 4.42. The molecule has 2 heterocycles. The Morgan fingerprint density at radius 1 is 1.28 bits per heavy atom. The van der Waals surface area contributed by atoms with Crippen molar-refractivity contribution in [3.8, 4) is 0 Å². The predicted octanol–water partition coefficient (Wildman–Crippen LogP) is 1.90. The minimum absolute atomic E-state index is 0.188. The summed E-state index contributed by atoms with van der Waals surface area (Å²) in [7, 11) is 0. The van der Waals surface area contributed by atoms with Crippen LogP contribution in [0.1, 0.15) is 15.9 Å². The number of rotatable bonds is 5. The first kappa shape index (κ1) is 17.7. The maximum atomic E-state index is 12.4. The first-order chi connectivity index (χ1) is 12.2. The molecule has 0 atom stereocenters. The summed E-state index contributed by atoms with van der Waals surface area (Å²) >= 11 is 6.36. The Morgan fingerprint density at radius 2 is 2.00 bits per heavy atom. The van der Waals surface area contributed by atoms with Crippen LogP contribution in [-0.4, -0.2) is 43.6 Å². The molecule has 0 bridgehead atoms. The zero-order valence-corrected chi connectivity index (χ0v) is 14.7. The van der Waals surface area contributed by atoms with E-state index in [0.29, 0.717) is 22.8 Å². The second-order valence-corrected chi connectivity index (χ2v) is 6.36. The quantitative estimate of drug-likeness (QED) is 0.759. The summed E-state index contributed by atoms with van der Waals surface area (Å²) in [4.78, 5) is 18.9. The molecule has 0 aliphatic carbocycles. The van der Waals surface area contributed by atoms with Gasteiger partial charge in [0, 0.05) is 31.7 Å². The number of aromatic nitrogens is 1. The zero-order chi connectivity index (χ0) is 17.6. The number of hydrogen-bond acceptors (Lipinski definition) is 5. The van der Waals surface area contributed by atoms with Crippen molar-refractivity contribution in [1.29, 1.82) is 0 Å². The molecule has 2 aromatic rings. The molecular weight excluding hydrogens is 338 g/mol. The molecule has 0 radical (unpaired) electrons. The molecule has 0 spiro atoms. The number of amides is 1. The minimum atomic E-state index is -0.188. The number of nitrogens with one attached hydrogen (secondary N) is 2. The molecule has 1 saturated heterocycles. The number of pyridine rings is 1. The van der Waals surface area contributed by atoms with Gasteiger partial charge in [-0.3, -0.25) is 4.79 Å². The second kappa shape index (κ2) is 8.29. The van der Waals surface area contributed by atoms with Crippen molar-refractivity contribution in [1.82, 2.24) is 10.3 Å². The van der Waals surface area contributed by atoms with Gasteiger partial charge in [-0.15, -0.1) is 0 Å². The number of nitrogens with two attached hydrogens (primary N) is 1. The highest BCUT2D eigenvalue weighted by atomic mass is 35.5. The van der Waals surface area contributed by atoms with Crippen LogP contribution in [0, 0.1) is 0 Å². The summed E-state index contributed by atoms with van der Waals surface area (Å²) in [5, 5.41) is 6.67. The Bertz CT molecular complexity index is 729. The van der Waals surface area contributed by atoms with Crippen molar-refractivity contribution in [2.24, 2.45) is 5.73 Å². The predicted molar refractivity (Wildman–Crippen MR) is 101 cm³/mol. The van der Waals surface area contributed by atoms with Gasteiger partial charge in [-0.1, -0.05) is 23.7 Å². The van der Waals surface area contributed by atoms with Crippen LogP contribution in [-0.2, 0) is 6.42 Å². The highest BCUT2D eigenvalue weighted by Gasteiger charge is 2.16. The number of anilines is 2.